The van der Waals surface area contributed by atoms with Crippen LogP contribution in [0.4, 0.5) is 0 Å². The van der Waals surface area contributed by atoms with Gasteiger partial charge in [0.05, 0.1) is 12.3 Å². The topological polar surface area (TPSA) is 40.4 Å². The second kappa shape index (κ2) is 8.69. The molecule has 2 heterocycles. The number of furan rings is 1. The Bertz CT molecular complexity index is 465. The van der Waals surface area contributed by atoms with Crippen LogP contribution in [0.3, 0.4) is 0 Å². The predicted molar refractivity (Wildman–Crippen MR) is 97.5 cm³/mol. The van der Waals surface area contributed by atoms with Crippen molar-refractivity contribution in [2.45, 2.75) is 63.5 Å². The molecule has 1 aliphatic carbocycles. The first-order valence-electron chi connectivity index (χ1n) is 9.15. The van der Waals surface area contributed by atoms with E-state index in [4.69, 9.17) is 16.6 Å². The normalized spacial score (nSPS) is 21.7. The number of hydrogen-bond acceptors (Lipinski definition) is 3. The Morgan fingerprint density at radius 2 is 1.91 bits per heavy atom. The molecule has 4 nitrogen and oxygen atoms in total. The Morgan fingerprint density at radius 3 is 2.61 bits per heavy atom. The van der Waals surface area contributed by atoms with Gasteiger partial charge in [-0.05, 0) is 63.1 Å². The van der Waals surface area contributed by atoms with Crippen molar-refractivity contribution in [2.75, 3.05) is 19.6 Å². The minimum absolute atomic E-state index is 0.274. The highest BCUT2D eigenvalue weighted by atomic mass is 32.1. The van der Waals surface area contributed by atoms with Gasteiger partial charge in [-0.2, -0.15) is 0 Å². The van der Waals surface area contributed by atoms with Gasteiger partial charge in [0.25, 0.3) is 0 Å². The van der Waals surface area contributed by atoms with Crippen LogP contribution in [0.2, 0.25) is 0 Å². The highest BCUT2D eigenvalue weighted by Crippen LogP contribution is 2.24. The Labute approximate surface area is 145 Å². The lowest BCUT2D eigenvalue weighted by Crippen LogP contribution is -2.46. The maximum absolute atomic E-state index is 5.69. The van der Waals surface area contributed by atoms with E-state index in [1.165, 1.54) is 51.4 Å². The molecule has 1 aromatic heterocycles. The lowest BCUT2D eigenvalue weighted by Gasteiger charge is -2.34. The fourth-order valence-electron chi connectivity index (χ4n) is 3.79. The Kier molecular flexibility index (Phi) is 6.34. The molecule has 1 saturated heterocycles. The van der Waals surface area contributed by atoms with Gasteiger partial charge in [0.2, 0.25) is 0 Å². The molecule has 0 radical (unpaired) electrons. The summed E-state index contributed by atoms with van der Waals surface area (Å²) < 4.78 is 5.69. The minimum Gasteiger partial charge on any atom is -0.468 e. The zero-order chi connectivity index (χ0) is 15.9. The van der Waals surface area contributed by atoms with Gasteiger partial charge in [-0.25, -0.2) is 0 Å². The quantitative estimate of drug-likeness (QED) is 0.805. The Morgan fingerprint density at radius 1 is 1.17 bits per heavy atom. The van der Waals surface area contributed by atoms with E-state index < -0.39 is 0 Å². The molecule has 0 aromatic carbocycles. The molecule has 23 heavy (non-hydrogen) atoms. The van der Waals surface area contributed by atoms with Crippen LogP contribution >= 0.6 is 12.2 Å². The molecular formula is C18H29N3OS. The van der Waals surface area contributed by atoms with Gasteiger partial charge >= 0.3 is 0 Å². The van der Waals surface area contributed by atoms with Crippen LogP contribution in [0, 0.1) is 0 Å². The van der Waals surface area contributed by atoms with Gasteiger partial charge in [0.15, 0.2) is 5.11 Å². The van der Waals surface area contributed by atoms with Crippen molar-refractivity contribution in [2.24, 2.45) is 0 Å². The van der Waals surface area contributed by atoms with Crippen LogP contribution < -0.4 is 10.6 Å². The molecule has 2 N–H and O–H groups in total. The van der Waals surface area contributed by atoms with Gasteiger partial charge in [-0.3, -0.25) is 4.90 Å². The summed E-state index contributed by atoms with van der Waals surface area (Å²) >= 11 is 5.51. The third-order valence-corrected chi connectivity index (χ3v) is 5.36. The highest BCUT2D eigenvalue weighted by Gasteiger charge is 2.24. The zero-order valence-electron chi connectivity index (χ0n) is 13.9. The van der Waals surface area contributed by atoms with E-state index in [0.717, 1.165) is 30.5 Å². The van der Waals surface area contributed by atoms with E-state index in [9.17, 15) is 0 Å². The average molecular weight is 336 g/mol. The highest BCUT2D eigenvalue weighted by molar-refractivity contribution is 7.80. The van der Waals surface area contributed by atoms with E-state index in [1.807, 2.05) is 6.07 Å². The van der Waals surface area contributed by atoms with Crippen molar-refractivity contribution < 1.29 is 4.42 Å². The third kappa shape index (κ3) is 4.95. The van der Waals surface area contributed by atoms with Crippen LogP contribution in [0.5, 0.6) is 0 Å². The van der Waals surface area contributed by atoms with Crippen LogP contribution in [-0.2, 0) is 0 Å². The second-order valence-corrected chi connectivity index (χ2v) is 7.23. The summed E-state index contributed by atoms with van der Waals surface area (Å²) in [6, 6.07) is 4.89. The predicted octanol–water partition coefficient (Wildman–Crippen LogP) is 3.60. The van der Waals surface area contributed by atoms with Crippen molar-refractivity contribution in [1.82, 2.24) is 15.5 Å². The first kappa shape index (κ1) is 16.8. The third-order valence-electron chi connectivity index (χ3n) is 5.10. The number of rotatable bonds is 5. The van der Waals surface area contributed by atoms with Gasteiger partial charge in [0, 0.05) is 12.6 Å². The molecule has 3 rings (SSSR count). The maximum Gasteiger partial charge on any atom is 0.166 e. The van der Waals surface area contributed by atoms with Crippen LogP contribution in [0.15, 0.2) is 22.8 Å². The largest absolute Gasteiger partial charge is 0.468 e. The number of hydrogen-bond donors (Lipinski definition) is 2. The molecule has 1 aliphatic heterocycles. The lowest BCUT2D eigenvalue weighted by molar-refractivity contribution is 0.146. The van der Waals surface area contributed by atoms with E-state index in [1.54, 1.807) is 6.26 Å². The number of thiocarbonyl (C=S) groups is 1. The maximum atomic E-state index is 5.69. The summed E-state index contributed by atoms with van der Waals surface area (Å²) in [7, 11) is 0. The van der Waals surface area contributed by atoms with Gasteiger partial charge < -0.3 is 15.1 Å². The Balaban J connectivity index is 1.52. The SMILES string of the molecule is S=C(NC[C@H](c1ccco1)N1CCCCC1)NC1CCCCC1. The van der Waals surface area contributed by atoms with Gasteiger partial charge in [-0.1, -0.05) is 25.7 Å². The first-order chi connectivity index (χ1) is 11.3. The summed E-state index contributed by atoms with van der Waals surface area (Å²) in [5.41, 5.74) is 0. The average Bonchev–Trinajstić information content (AvgIpc) is 3.11. The molecule has 1 saturated carbocycles. The van der Waals surface area contributed by atoms with E-state index in [-0.39, 0.29) is 6.04 Å². The van der Waals surface area contributed by atoms with Gasteiger partial charge in [0.1, 0.15) is 5.76 Å². The Hall–Kier alpha value is -1.07. The van der Waals surface area contributed by atoms with Crippen LogP contribution in [0.25, 0.3) is 0 Å². The molecule has 1 aromatic rings. The fraction of sp³-hybridized carbons (Fsp3) is 0.722. The van der Waals surface area contributed by atoms with E-state index >= 15 is 0 Å². The summed E-state index contributed by atoms with van der Waals surface area (Å²) in [5.74, 6) is 1.04. The summed E-state index contributed by atoms with van der Waals surface area (Å²) in [5, 5.41) is 7.72. The van der Waals surface area contributed by atoms with E-state index in [2.05, 4.69) is 21.6 Å². The molecule has 0 spiro atoms. The molecule has 0 unspecified atom stereocenters. The monoisotopic (exact) mass is 335 g/mol. The molecule has 0 bridgehead atoms. The van der Waals surface area contributed by atoms with Crippen molar-refractivity contribution in [3.05, 3.63) is 24.2 Å². The van der Waals surface area contributed by atoms with Crippen molar-refractivity contribution >= 4 is 17.3 Å². The molecule has 2 fully saturated rings. The number of nitrogens with one attached hydrogen (secondary N) is 2. The summed E-state index contributed by atoms with van der Waals surface area (Å²) in [6.07, 6.45) is 12.2. The van der Waals surface area contributed by atoms with Crippen molar-refractivity contribution in [1.29, 1.82) is 0 Å². The number of piperidine rings is 1. The molecule has 1 atom stereocenters. The molecule has 2 aliphatic rings. The second-order valence-electron chi connectivity index (χ2n) is 6.82. The summed E-state index contributed by atoms with van der Waals surface area (Å²) in [6.45, 7) is 3.11. The number of nitrogens with zero attached hydrogens (tertiary/aromatic N) is 1. The molecule has 5 heteroatoms. The lowest BCUT2D eigenvalue weighted by atomic mass is 9.96. The summed E-state index contributed by atoms with van der Waals surface area (Å²) in [4.78, 5) is 2.53. The van der Waals surface area contributed by atoms with Crippen LogP contribution in [0.1, 0.15) is 63.2 Å². The number of likely N-dealkylation sites (tertiary alicyclic amines) is 1. The zero-order valence-corrected chi connectivity index (χ0v) is 14.7. The minimum atomic E-state index is 0.274. The van der Waals surface area contributed by atoms with Crippen molar-refractivity contribution in [3.63, 3.8) is 0 Å². The standard InChI is InChI=1S/C18H29N3OS/c23-18(20-15-8-3-1-4-9-15)19-14-16(17-10-7-13-22-17)21-11-5-2-6-12-21/h7,10,13,15-16H,1-6,8-9,11-12,14H2,(H2,19,20,23)/t16-/m1/s1. The van der Waals surface area contributed by atoms with Crippen molar-refractivity contribution in [3.8, 4) is 0 Å². The smallest absolute Gasteiger partial charge is 0.166 e. The molecular weight excluding hydrogens is 306 g/mol. The molecule has 0 amide bonds. The fourth-order valence-corrected chi connectivity index (χ4v) is 4.04. The van der Waals surface area contributed by atoms with Gasteiger partial charge in [-0.15, -0.1) is 0 Å². The van der Waals surface area contributed by atoms with E-state index in [0.29, 0.717) is 6.04 Å². The molecule has 128 valence electrons. The van der Waals surface area contributed by atoms with Crippen LogP contribution in [-0.4, -0.2) is 35.7 Å². The first-order valence-corrected chi connectivity index (χ1v) is 9.55.